The molecule has 1 aromatic carbocycles. The molecule has 3 heteroatoms. The van der Waals surface area contributed by atoms with Gasteiger partial charge in [0.2, 0.25) is 0 Å². The summed E-state index contributed by atoms with van der Waals surface area (Å²) in [6, 6.07) is 7.51. The Morgan fingerprint density at radius 1 is 1.50 bits per heavy atom. The molecule has 3 N–H and O–H groups in total. The lowest BCUT2D eigenvalue weighted by molar-refractivity contribution is 0.208. The average molecular weight is 183 g/mol. The predicted molar refractivity (Wildman–Crippen MR) is 52.3 cm³/mol. The quantitative estimate of drug-likeness (QED) is 0.602. The highest BCUT2D eigenvalue weighted by atomic mass is 32.1. The van der Waals surface area contributed by atoms with Gasteiger partial charge in [0, 0.05) is 4.90 Å². The van der Waals surface area contributed by atoms with Crippen LogP contribution in [0.2, 0.25) is 0 Å². The number of hydrogen-bond donors (Lipinski definition) is 3. The van der Waals surface area contributed by atoms with Crippen molar-refractivity contribution in [1.29, 1.82) is 0 Å². The third kappa shape index (κ3) is 1.80. The van der Waals surface area contributed by atoms with Crippen LogP contribution in [0.25, 0.3) is 0 Å². The molecule has 0 amide bonds. The van der Waals surface area contributed by atoms with Crippen molar-refractivity contribution in [2.45, 2.75) is 17.4 Å². The van der Waals surface area contributed by atoms with Gasteiger partial charge in [-0.3, -0.25) is 0 Å². The summed E-state index contributed by atoms with van der Waals surface area (Å²) >= 11 is 4.25. The van der Waals surface area contributed by atoms with E-state index in [-0.39, 0.29) is 6.61 Å². The van der Waals surface area contributed by atoms with Gasteiger partial charge in [0.25, 0.3) is 0 Å². The Hall–Kier alpha value is -0.510. The summed E-state index contributed by atoms with van der Waals surface area (Å²) in [5, 5.41) is 9.01. The Morgan fingerprint density at radius 3 is 2.58 bits per heavy atom. The second-order valence-electron chi connectivity index (χ2n) is 3.09. The van der Waals surface area contributed by atoms with E-state index in [4.69, 9.17) is 10.8 Å². The van der Waals surface area contributed by atoms with E-state index in [2.05, 4.69) is 12.6 Å². The van der Waals surface area contributed by atoms with Crippen LogP contribution in [0.4, 0.5) is 0 Å². The van der Waals surface area contributed by atoms with Gasteiger partial charge < -0.3 is 10.8 Å². The Morgan fingerprint density at radius 2 is 2.08 bits per heavy atom. The van der Waals surface area contributed by atoms with E-state index in [1.807, 2.05) is 24.3 Å². The van der Waals surface area contributed by atoms with E-state index >= 15 is 0 Å². The second-order valence-corrected chi connectivity index (χ2v) is 3.57. The molecule has 0 spiro atoms. The number of thiol groups is 1. The molecule has 0 radical (unpaired) electrons. The number of aliphatic hydroxyl groups excluding tert-OH is 1. The first-order valence-electron chi connectivity index (χ1n) is 3.76. The van der Waals surface area contributed by atoms with Crippen LogP contribution >= 0.6 is 12.6 Å². The smallest absolute Gasteiger partial charge is 0.0650 e. The molecule has 0 bridgehead atoms. The lowest BCUT2D eigenvalue weighted by atomic mass is 9.94. The van der Waals surface area contributed by atoms with Crippen molar-refractivity contribution in [2.24, 2.45) is 5.73 Å². The van der Waals surface area contributed by atoms with Gasteiger partial charge in [-0.25, -0.2) is 0 Å². The molecule has 1 atom stereocenters. The number of aliphatic hydroxyl groups is 1. The third-order valence-corrected chi connectivity index (χ3v) is 2.24. The van der Waals surface area contributed by atoms with Crippen LogP contribution in [0.3, 0.4) is 0 Å². The van der Waals surface area contributed by atoms with Gasteiger partial charge in [-0.15, -0.1) is 12.6 Å². The fourth-order valence-corrected chi connectivity index (χ4v) is 1.46. The Bertz CT molecular complexity index is 273. The normalized spacial score (nSPS) is 15.7. The van der Waals surface area contributed by atoms with E-state index < -0.39 is 5.54 Å². The summed E-state index contributed by atoms with van der Waals surface area (Å²) in [4.78, 5) is 0.816. The van der Waals surface area contributed by atoms with Gasteiger partial charge in [-0.05, 0) is 18.6 Å². The van der Waals surface area contributed by atoms with Crippen LogP contribution in [0.15, 0.2) is 29.2 Å². The maximum atomic E-state index is 9.01. The first-order chi connectivity index (χ1) is 5.58. The van der Waals surface area contributed by atoms with Gasteiger partial charge in [0.05, 0.1) is 12.1 Å². The average Bonchev–Trinajstić information content (AvgIpc) is 2.05. The van der Waals surface area contributed by atoms with Crippen LogP contribution in [0, 0.1) is 0 Å². The first kappa shape index (κ1) is 9.58. The first-order valence-corrected chi connectivity index (χ1v) is 4.21. The van der Waals surface area contributed by atoms with Gasteiger partial charge in [0.15, 0.2) is 0 Å². The van der Waals surface area contributed by atoms with Gasteiger partial charge >= 0.3 is 0 Å². The zero-order valence-corrected chi connectivity index (χ0v) is 7.88. The van der Waals surface area contributed by atoms with Gasteiger partial charge in [-0.1, -0.05) is 18.2 Å². The molecule has 2 nitrogen and oxygen atoms in total. The molecule has 1 aromatic rings. The summed E-state index contributed by atoms with van der Waals surface area (Å²) in [6.07, 6.45) is 0. The Labute approximate surface area is 77.8 Å². The zero-order chi connectivity index (χ0) is 9.19. The predicted octanol–water partition coefficient (Wildman–Crippen LogP) is 1.14. The van der Waals surface area contributed by atoms with Crippen molar-refractivity contribution >= 4 is 12.6 Å². The number of benzene rings is 1. The molecule has 0 saturated heterocycles. The topological polar surface area (TPSA) is 46.2 Å². The van der Waals surface area contributed by atoms with E-state index in [9.17, 15) is 0 Å². The van der Waals surface area contributed by atoms with Crippen molar-refractivity contribution in [3.8, 4) is 0 Å². The van der Waals surface area contributed by atoms with Crippen LogP contribution in [0.5, 0.6) is 0 Å². The molecule has 12 heavy (non-hydrogen) atoms. The maximum Gasteiger partial charge on any atom is 0.0650 e. The molecular weight excluding hydrogens is 170 g/mol. The Balaban J connectivity index is 3.10. The molecule has 0 aliphatic carbocycles. The monoisotopic (exact) mass is 183 g/mol. The van der Waals surface area contributed by atoms with Crippen LogP contribution in [-0.4, -0.2) is 11.7 Å². The highest BCUT2D eigenvalue weighted by Gasteiger charge is 2.21. The SMILES string of the molecule is CC(N)(CO)c1ccccc1S. The summed E-state index contributed by atoms with van der Waals surface area (Å²) in [5.41, 5.74) is 6.01. The minimum atomic E-state index is -0.696. The molecule has 1 unspecified atom stereocenters. The molecule has 0 aliphatic rings. The minimum absolute atomic E-state index is 0.0788. The largest absolute Gasteiger partial charge is 0.394 e. The van der Waals surface area contributed by atoms with Gasteiger partial charge in [-0.2, -0.15) is 0 Å². The Kier molecular flexibility index (Phi) is 2.77. The van der Waals surface area contributed by atoms with Crippen LogP contribution in [-0.2, 0) is 5.54 Å². The standard InChI is InChI=1S/C9H13NOS/c1-9(10,6-11)7-4-2-3-5-8(7)12/h2-5,11-12H,6,10H2,1H3. The van der Waals surface area contributed by atoms with Crippen molar-refractivity contribution < 1.29 is 5.11 Å². The molecule has 0 aromatic heterocycles. The third-order valence-electron chi connectivity index (χ3n) is 1.85. The molecule has 0 aliphatic heterocycles. The lowest BCUT2D eigenvalue weighted by Gasteiger charge is -2.23. The van der Waals surface area contributed by atoms with E-state index in [1.54, 1.807) is 6.92 Å². The number of rotatable bonds is 2. The highest BCUT2D eigenvalue weighted by Crippen LogP contribution is 2.23. The molecule has 0 fully saturated rings. The molecule has 0 heterocycles. The fourth-order valence-electron chi connectivity index (χ4n) is 1.04. The molecule has 0 saturated carbocycles. The number of hydrogen-bond acceptors (Lipinski definition) is 3. The maximum absolute atomic E-state index is 9.01. The molecule has 1 rings (SSSR count). The van der Waals surface area contributed by atoms with Crippen molar-refractivity contribution in [3.05, 3.63) is 29.8 Å². The summed E-state index contributed by atoms with van der Waals surface area (Å²) < 4.78 is 0. The van der Waals surface area contributed by atoms with Crippen molar-refractivity contribution in [3.63, 3.8) is 0 Å². The van der Waals surface area contributed by atoms with E-state index in [1.165, 1.54) is 0 Å². The van der Waals surface area contributed by atoms with E-state index in [0.717, 1.165) is 10.5 Å². The van der Waals surface area contributed by atoms with Crippen LogP contribution < -0.4 is 5.73 Å². The molecular formula is C9H13NOS. The highest BCUT2D eigenvalue weighted by molar-refractivity contribution is 7.80. The molecule has 66 valence electrons. The van der Waals surface area contributed by atoms with Crippen molar-refractivity contribution in [1.82, 2.24) is 0 Å². The van der Waals surface area contributed by atoms with Crippen LogP contribution in [0.1, 0.15) is 12.5 Å². The summed E-state index contributed by atoms with van der Waals surface area (Å²) in [5.74, 6) is 0. The lowest BCUT2D eigenvalue weighted by Crippen LogP contribution is -2.37. The fraction of sp³-hybridized carbons (Fsp3) is 0.333. The summed E-state index contributed by atoms with van der Waals surface area (Å²) in [7, 11) is 0. The minimum Gasteiger partial charge on any atom is -0.394 e. The zero-order valence-electron chi connectivity index (χ0n) is 6.99. The van der Waals surface area contributed by atoms with Gasteiger partial charge in [0.1, 0.15) is 0 Å². The van der Waals surface area contributed by atoms with Crippen molar-refractivity contribution in [2.75, 3.05) is 6.61 Å². The summed E-state index contributed by atoms with van der Waals surface area (Å²) in [6.45, 7) is 1.70. The second kappa shape index (κ2) is 3.47. The number of nitrogens with two attached hydrogens (primary N) is 1. The van der Waals surface area contributed by atoms with E-state index in [0.29, 0.717) is 0 Å².